The molecule has 2 atom stereocenters. The molecule has 280 valence electrons. The van der Waals surface area contributed by atoms with Gasteiger partial charge < -0.3 is 20.3 Å². The standard InChI is InChI=1S/C28H29F2N8O4PS.C5H12.CH2O2/c29-21-11-12-24(30)35-25(21)26-22(15-38(36-26)19-7-3-1-4-8-19)33-27(39)23-16-44-28(34-23)18-13-32-37(14-18)17-41-43(31,40)42-20-9-5-2-6-10-20;1-4-5(2)3;2-1-3/h2,5-6,9-16,19,28,34H,1,3-4,7-8,17H2,(H2,31,40)(H,33,39);5H,4H2,1-3H3;1H,(H,2,3). The molecule has 1 amide bonds. The van der Waals surface area contributed by atoms with Gasteiger partial charge in [0.2, 0.25) is 5.95 Å². The van der Waals surface area contributed by atoms with Crippen molar-refractivity contribution in [2.75, 3.05) is 5.32 Å². The summed E-state index contributed by atoms with van der Waals surface area (Å²) in [6, 6.07) is 10.4. The van der Waals surface area contributed by atoms with Crippen LogP contribution in [0.15, 0.2) is 72.2 Å². The van der Waals surface area contributed by atoms with Crippen molar-refractivity contribution in [1.82, 2.24) is 29.9 Å². The van der Waals surface area contributed by atoms with Crippen molar-refractivity contribution in [3.8, 4) is 17.1 Å². The Morgan fingerprint density at radius 2 is 1.85 bits per heavy atom. The number of anilines is 1. The number of carboxylic acid groups (broad SMARTS) is 1. The highest BCUT2D eigenvalue weighted by molar-refractivity contribution is 8.02. The van der Waals surface area contributed by atoms with Gasteiger partial charge in [-0.15, -0.1) is 11.8 Å². The monoisotopic (exact) mass is 760 g/mol. The molecule has 6 rings (SSSR count). The van der Waals surface area contributed by atoms with Crippen LogP contribution in [0.5, 0.6) is 5.75 Å². The summed E-state index contributed by atoms with van der Waals surface area (Å²) in [6.45, 7) is 6.17. The van der Waals surface area contributed by atoms with E-state index in [0.717, 1.165) is 50.2 Å². The van der Waals surface area contributed by atoms with Crippen LogP contribution in [0, 0.1) is 17.7 Å². The third-order valence-electron chi connectivity index (χ3n) is 7.94. The number of amides is 1. The molecule has 0 saturated heterocycles. The molecule has 0 spiro atoms. The van der Waals surface area contributed by atoms with Crippen molar-refractivity contribution >= 4 is 37.6 Å². The van der Waals surface area contributed by atoms with Crippen LogP contribution in [-0.2, 0) is 25.4 Å². The van der Waals surface area contributed by atoms with Crippen molar-refractivity contribution in [1.29, 1.82) is 0 Å². The van der Waals surface area contributed by atoms with Gasteiger partial charge in [-0.3, -0.25) is 18.8 Å². The number of pyridine rings is 1. The first kappa shape index (κ1) is 40.2. The molecule has 1 fully saturated rings. The third kappa shape index (κ3) is 11.7. The van der Waals surface area contributed by atoms with E-state index < -0.39 is 25.4 Å². The molecule has 3 aromatic heterocycles. The molecule has 1 saturated carbocycles. The van der Waals surface area contributed by atoms with E-state index in [1.807, 2.05) is 0 Å². The summed E-state index contributed by atoms with van der Waals surface area (Å²) >= 11 is 1.34. The van der Waals surface area contributed by atoms with Crippen molar-refractivity contribution < 1.29 is 37.1 Å². The summed E-state index contributed by atoms with van der Waals surface area (Å²) in [6.07, 6.45) is 11.2. The Morgan fingerprint density at radius 1 is 1.15 bits per heavy atom. The Labute approximate surface area is 304 Å². The Kier molecular flexibility index (Phi) is 14.9. The quantitative estimate of drug-likeness (QED) is 0.0666. The first-order chi connectivity index (χ1) is 24.9. The molecule has 0 radical (unpaired) electrons. The summed E-state index contributed by atoms with van der Waals surface area (Å²) < 4.78 is 54.8. The van der Waals surface area contributed by atoms with E-state index in [1.165, 1.54) is 22.9 Å². The molecular formula is C34H43F2N8O6PS. The second-order valence-electron chi connectivity index (χ2n) is 12.2. The molecule has 1 aliphatic carbocycles. The molecule has 1 aromatic carbocycles. The lowest BCUT2D eigenvalue weighted by atomic mass is 9.96. The lowest BCUT2D eigenvalue weighted by molar-refractivity contribution is -0.122. The summed E-state index contributed by atoms with van der Waals surface area (Å²) in [5.74, 6) is -0.889. The van der Waals surface area contributed by atoms with Crippen LogP contribution < -0.4 is 20.7 Å². The number of nitrogens with one attached hydrogen (secondary N) is 2. The second-order valence-corrected chi connectivity index (χ2v) is 14.7. The van der Waals surface area contributed by atoms with E-state index in [4.69, 9.17) is 24.5 Å². The van der Waals surface area contributed by atoms with Gasteiger partial charge in [0.15, 0.2) is 12.5 Å². The second kappa shape index (κ2) is 19.3. The minimum atomic E-state index is -3.89. The zero-order chi connectivity index (χ0) is 37.7. The molecule has 1 aliphatic heterocycles. The van der Waals surface area contributed by atoms with Crippen LogP contribution >= 0.6 is 19.5 Å². The van der Waals surface area contributed by atoms with Crippen LogP contribution in [0.3, 0.4) is 0 Å². The van der Waals surface area contributed by atoms with E-state index in [-0.39, 0.29) is 47.4 Å². The maximum Gasteiger partial charge on any atom is 0.457 e. The Hall–Kier alpha value is -4.57. The fraction of sp³-hybridized carbons (Fsp3) is 0.382. The molecule has 2 unspecified atom stereocenters. The molecular weight excluding hydrogens is 717 g/mol. The minimum Gasteiger partial charge on any atom is -0.483 e. The number of carbonyl (C=O) groups excluding carboxylic acids is 1. The topological polar surface area (TPSA) is 189 Å². The van der Waals surface area contributed by atoms with Gasteiger partial charge in [-0.1, -0.05) is 64.7 Å². The number of benzene rings is 1. The average Bonchev–Trinajstić information content (AvgIpc) is 3.90. The van der Waals surface area contributed by atoms with E-state index in [0.29, 0.717) is 11.3 Å². The fourth-order valence-electron chi connectivity index (χ4n) is 4.97. The predicted octanol–water partition coefficient (Wildman–Crippen LogP) is 7.61. The van der Waals surface area contributed by atoms with Gasteiger partial charge in [-0.05, 0) is 43.0 Å². The highest BCUT2D eigenvalue weighted by atomic mass is 32.2. The van der Waals surface area contributed by atoms with Crippen LogP contribution in [0.1, 0.15) is 76.3 Å². The zero-order valence-corrected chi connectivity index (χ0v) is 30.7. The smallest absolute Gasteiger partial charge is 0.457 e. The number of para-hydroxylation sites is 1. The molecule has 18 heteroatoms. The first-order valence-electron chi connectivity index (χ1n) is 16.7. The van der Waals surface area contributed by atoms with Crippen molar-refractivity contribution in [3.05, 3.63) is 89.5 Å². The summed E-state index contributed by atoms with van der Waals surface area (Å²) in [5, 5.41) is 22.9. The number of nitrogens with zero attached hydrogens (tertiary/aromatic N) is 5. The minimum absolute atomic E-state index is 0.0541. The largest absolute Gasteiger partial charge is 0.483 e. The molecule has 5 N–H and O–H groups in total. The lowest BCUT2D eigenvalue weighted by Gasteiger charge is -2.21. The summed E-state index contributed by atoms with van der Waals surface area (Å²) in [7, 11) is -3.89. The highest BCUT2D eigenvalue weighted by Gasteiger charge is 2.28. The molecule has 0 bridgehead atoms. The van der Waals surface area contributed by atoms with Crippen molar-refractivity contribution in [2.45, 2.75) is 77.4 Å². The maximum atomic E-state index is 14.7. The number of rotatable bonds is 11. The van der Waals surface area contributed by atoms with E-state index in [2.05, 4.69) is 46.6 Å². The van der Waals surface area contributed by atoms with E-state index in [1.54, 1.807) is 59.0 Å². The number of carbonyl (C=O) groups is 2. The molecule has 2 aliphatic rings. The van der Waals surface area contributed by atoms with Gasteiger partial charge in [-0.2, -0.15) is 14.6 Å². The number of hydrogen-bond acceptors (Lipinski definition) is 10. The molecule has 4 aromatic rings. The van der Waals surface area contributed by atoms with E-state index >= 15 is 0 Å². The Bertz CT molecular complexity index is 1850. The Balaban J connectivity index is 0.000000688. The fourth-order valence-corrected chi connectivity index (χ4v) is 6.64. The van der Waals surface area contributed by atoms with Gasteiger partial charge in [0.05, 0.1) is 17.9 Å². The number of aromatic nitrogens is 5. The molecule has 4 heterocycles. The predicted molar refractivity (Wildman–Crippen MR) is 194 cm³/mol. The molecule has 14 nitrogen and oxygen atoms in total. The van der Waals surface area contributed by atoms with Crippen LogP contribution in [0.4, 0.5) is 14.5 Å². The number of halogens is 2. The van der Waals surface area contributed by atoms with Gasteiger partial charge in [-0.25, -0.2) is 24.1 Å². The van der Waals surface area contributed by atoms with Crippen molar-refractivity contribution in [2.24, 2.45) is 11.4 Å². The number of thioether (sulfide) groups is 1. The average molecular weight is 761 g/mol. The summed E-state index contributed by atoms with van der Waals surface area (Å²) in [5.41, 5.74) is 6.67. The number of hydrogen-bond donors (Lipinski definition) is 4. The third-order valence-corrected chi connectivity index (χ3v) is 9.91. The maximum absolute atomic E-state index is 14.7. The lowest BCUT2D eigenvalue weighted by Crippen LogP contribution is -2.24. The van der Waals surface area contributed by atoms with Crippen LogP contribution in [0.25, 0.3) is 11.4 Å². The highest BCUT2D eigenvalue weighted by Crippen LogP contribution is 2.41. The zero-order valence-electron chi connectivity index (χ0n) is 29.0. The van der Waals surface area contributed by atoms with Crippen LogP contribution in [0.2, 0.25) is 0 Å². The van der Waals surface area contributed by atoms with Crippen LogP contribution in [-0.4, -0.2) is 42.0 Å². The van der Waals surface area contributed by atoms with Gasteiger partial charge in [0, 0.05) is 23.4 Å². The van der Waals surface area contributed by atoms with Gasteiger partial charge in [0.25, 0.3) is 12.4 Å². The van der Waals surface area contributed by atoms with Crippen molar-refractivity contribution in [3.63, 3.8) is 0 Å². The first-order valence-corrected chi connectivity index (χ1v) is 19.2. The number of nitrogens with two attached hydrogens (primary N) is 1. The molecule has 52 heavy (non-hydrogen) atoms. The SMILES string of the molecule is CCC(C)C.NP(=O)(OCn1cc(C2NC(C(=O)Nc3cn(C4CCCCC4)nc3-c3nc(F)ccc3F)=CS2)cn1)Oc1ccccc1.O=CO. The van der Waals surface area contributed by atoms with E-state index in [9.17, 15) is 18.1 Å². The Morgan fingerprint density at radius 3 is 2.52 bits per heavy atom. The van der Waals surface area contributed by atoms with Gasteiger partial charge >= 0.3 is 7.75 Å². The normalized spacial score (nSPS) is 16.7. The summed E-state index contributed by atoms with van der Waals surface area (Å²) in [4.78, 5) is 25.4. The van der Waals surface area contributed by atoms with Gasteiger partial charge in [0.1, 0.15) is 28.2 Å².